The van der Waals surface area contributed by atoms with E-state index in [1.165, 1.54) is 0 Å². The first-order chi connectivity index (χ1) is 12.2. The van der Waals surface area contributed by atoms with Gasteiger partial charge in [0.15, 0.2) is 6.17 Å². The lowest BCUT2D eigenvalue weighted by molar-refractivity contribution is -0.0523. The Balaban J connectivity index is 2.85. The van der Waals surface area contributed by atoms with Crippen molar-refractivity contribution >= 4 is 11.7 Å². The number of nitrogens with zero attached hydrogens (tertiary/aromatic N) is 3. The van der Waals surface area contributed by atoms with Crippen molar-refractivity contribution in [3.05, 3.63) is 0 Å². The van der Waals surface area contributed by atoms with Crippen LogP contribution >= 0.6 is 0 Å². The fraction of sp³-hybridized carbons (Fsp3) is 0.556. The first-order valence-corrected chi connectivity index (χ1v) is 7.69. The van der Waals surface area contributed by atoms with E-state index in [1.54, 1.807) is 21.3 Å². The summed E-state index contributed by atoms with van der Waals surface area (Å²) in [6.07, 6.45) is 0.459. The number of hydrogen-bond acceptors (Lipinski definition) is 7. The predicted octanol–water partition coefficient (Wildman–Crippen LogP) is 0.934. The molecule has 0 aromatic carbocycles. The third-order valence-electron chi connectivity index (χ3n) is 2.91. The topological polar surface area (TPSA) is 75.9 Å². The van der Waals surface area contributed by atoms with Gasteiger partial charge in [-0.25, -0.2) is 15.0 Å². The van der Waals surface area contributed by atoms with Gasteiger partial charge in [-0.1, -0.05) is 35.5 Å². The molecule has 1 N–H and O–H groups in total. The minimum Gasteiger partial charge on any atom is -0.372 e. The smallest absolute Gasteiger partial charge is 0.160 e. The minimum absolute atomic E-state index is 0.284. The first kappa shape index (κ1) is 20.7. The Labute approximate surface area is 149 Å². The van der Waals surface area contributed by atoms with E-state index in [2.05, 4.69) is 45.5 Å². The molecule has 0 radical (unpaired) electrons. The molecule has 25 heavy (non-hydrogen) atoms. The Morgan fingerprint density at radius 1 is 0.880 bits per heavy atom. The number of hydrogen-bond donors (Lipinski definition) is 1. The highest BCUT2D eigenvalue weighted by atomic mass is 16.5. The standard InChI is InChI=1S/C18H23N3O4/c1-23-13-7-4-10-16-19-17(11-5-8-14-24-2)21(22)18(20-16)12-6-9-15-25-3/h17,22H,10-15H2,1-3H3. The van der Waals surface area contributed by atoms with Gasteiger partial charge in [-0.15, -0.1) is 0 Å². The van der Waals surface area contributed by atoms with Gasteiger partial charge in [0.25, 0.3) is 0 Å². The molecule has 1 aliphatic heterocycles. The van der Waals surface area contributed by atoms with Crippen molar-refractivity contribution in [3.8, 4) is 35.5 Å². The molecule has 7 heteroatoms. The van der Waals surface area contributed by atoms with Crippen molar-refractivity contribution in [2.75, 3.05) is 41.2 Å². The van der Waals surface area contributed by atoms with E-state index < -0.39 is 6.17 Å². The van der Waals surface area contributed by atoms with E-state index >= 15 is 0 Å². The third-order valence-corrected chi connectivity index (χ3v) is 2.91. The number of ether oxygens (including phenoxy) is 3. The lowest BCUT2D eigenvalue weighted by Gasteiger charge is -2.27. The van der Waals surface area contributed by atoms with Gasteiger partial charge in [0.05, 0.1) is 19.3 Å². The van der Waals surface area contributed by atoms with Crippen molar-refractivity contribution in [2.45, 2.75) is 25.4 Å². The van der Waals surface area contributed by atoms with Crippen LogP contribution in [-0.2, 0) is 14.2 Å². The van der Waals surface area contributed by atoms with Crippen LogP contribution in [0.2, 0.25) is 0 Å². The lowest BCUT2D eigenvalue weighted by atomic mass is 10.2. The zero-order valence-electron chi connectivity index (χ0n) is 14.8. The highest BCUT2D eigenvalue weighted by Crippen LogP contribution is 2.13. The molecule has 1 aliphatic rings. The highest BCUT2D eigenvalue weighted by molar-refractivity contribution is 6.00. The van der Waals surface area contributed by atoms with E-state index in [0.29, 0.717) is 44.3 Å². The summed E-state index contributed by atoms with van der Waals surface area (Å²) in [6, 6.07) is 0. The fourth-order valence-electron chi connectivity index (χ4n) is 1.78. The van der Waals surface area contributed by atoms with Crippen molar-refractivity contribution in [1.29, 1.82) is 0 Å². The second-order valence-electron chi connectivity index (χ2n) is 4.82. The van der Waals surface area contributed by atoms with Gasteiger partial charge < -0.3 is 14.2 Å². The molecule has 1 atom stereocenters. The second kappa shape index (κ2) is 13.0. The lowest BCUT2D eigenvalue weighted by Crippen LogP contribution is -2.40. The number of hydroxylamine groups is 2. The number of aliphatic imine (C=N–C) groups is 2. The monoisotopic (exact) mass is 345 g/mol. The summed E-state index contributed by atoms with van der Waals surface area (Å²) in [5.41, 5.74) is 0. The summed E-state index contributed by atoms with van der Waals surface area (Å²) in [4.78, 5) is 8.73. The predicted molar refractivity (Wildman–Crippen MR) is 95.1 cm³/mol. The van der Waals surface area contributed by atoms with E-state index in [0.717, 1.165) is 5.06 Å². The molecule has 1 heterocycles. The highest BCUT2D eigenvalue weighted by Gasteiger charge is 2.23. The fourth-order valence-corrected chi connectivity index (χ4v) is 1.78. The molecule has 0 spiro atoms. The molecule has 0 aromatic heterocycles. The van der Waals surface area contributed by atoms with Crippen molar-refractivity contribution in [3.63, 3.8) is 0 Å². The summed E-state index contributed by atoms with van der Waals surface area (Å²) in [5.74, 6) is 18.3. The average Bonchev–Trinajstić information content (AvgIpc) is 2.62. The van der Waals surface area contributed by atoms with Crippen LogP contribution in [0.5, 0.6) is 0 Å². The van der Waals surface area contributed by atoms with Gasteiger partial charge in [0, 0.05) is 21.3 Å². The first-order valence-electron chi connectivity index (χ1n) is 7.69. The Bertz CT molecular complexity index is 653. The summed E-state index contributed by atoms with van der Waals surface area (Å²) in [5, 5.41) is 11.3. The van der Waals surface area contributed by atoms with Crippen molar-refractivity contribution in [2.24, 2.45) is 9.98 Å². The molecule has 0 saturated carbocycles. The van der Waals surface area contributed by atoms with Crippen LogP contribution in [0.4, 0.5) is 0 Å². The van der Waals surface area contributed by atoms with Crippen LogP contribution in [0.3, 0.4) is 0 Å². The van der Waals surface area contributed by atoms with Gasteiger partial charge in [0.1, 0.15) is 31.5 Å². The summed E-state index contributed by atoms with van der Waals surface area (Å²) in [7, 11) is 4.73. The van der Waals surface area contributed by atoms with Crippen LogP contribution < -0.4 is 0 Å². The van der Waals surface area contributed by atoms with Gasteiger partial charge in [-0.05, 0) is 0 Å². The SMILES string of the molecule is COCC#CCC1=NC(CC#CCOC)N(O)C(CC#CCOC)=N1. The molecule has 1 unspecified atom stereocenters. The van der Waals surface area contributed by atoms with Crippen LogP contribution in [-0.4, -0.2) is 69.3 Å². The zero-order chi connectivity index (χ0) is 18.3. The summed E-state index contributed by atoms with van der Waals surface area (Å²) in [6.45, 7) is 1.01. The number of rotatable bonds is 6. The normalized spacial score (nSPS) is 15.7. The van der Waals surface area contributed by atoms with Gasteiger partial charge >= 0.3 is 0 Å². The van der Waals surface area contributed by atoms with E-state index in [-0.39, 0.29) is 6.42 Å². The maximum Gasteiger partial charge on any atom is 0.160 e. The maximum atomic E-state index is 10.3. The minimum atomic E-state index is -0.541. The Hall–Kier alpha value is -2.34. The molecule has 0 aromatic rings. The van der Waals surface area contributed by atoms with Crippen LogP contribution in [0.1, 0.15) is 19.3 Å². The largest absolute Gasteiger partial charge is 0.372 e. The quantitative estimate of drug-likeness (QED) is 0.725. The van der Waals surface area contributed by atoms with Crippen molar-refractivity contribution < 1.29 is 19.4 Å². The van der Waals surface area contributed by atoms with E-state index in [4.69, 9.17) is 14.2 Å². The molecule has 0 amide bonds. The van der Waals surface area contributed by atoms with Gasteiger partial charge in [-0.3, -0.25) is 5.21 Å². The summed E-state index contributed by atoms with van der Waals surface area (Å²) >= 11 is 0. The molecule has 0 saturated heterocycles. The molecule has 0 fully saturated rings. The summed E-state index contributed by atoms with van der Waals surface area (Å²) < 4.78 is 14.6. The Morgan fingerprint density at radius 3 is 2.04 bits per heavy atom. The van der Waals surface area contributed by atoms with Crippen LogP contribution in [0.15, 0.2) is 9.98 Å². The molecular weight excluding hydrogens is 322 g/mol. The molecule has 0 aliphatic carbocycles. The number of amidine groups is 2. The zero-order valence-corrected chi connectivity index (χ0v) is 14.8. The molecule has 0 bridgehead atoms. The van der Waals surface area contributed by atoms with Gasteiger partial charge in [0.2, 0.25) is 0 Å². The molecular formula is C18H23N3O4. The molecule has 134 valence electrons. The Kier molecular flexibility index (Phi) is 10.8. The maximum absolute atomic E-state index is 10.3. The average molecular weight is 345 g/mol. The van der Waals surface area contributed by atoms with E-state index in [9.17, 15) is 5.21 Å². The second-order valence-corrected chi connectivity index (χ2v) is 4.82. The van der Waals surface area contributed by atoms with Gasteiger partial charge in [-0.2, -0.15) is 0 Å². The van der Waals surface area contributed by atoms with Crippen molar-refractivity contribution in [1.82, 2.24) is 5.06 Å². The molecule has 1 rings (SSSR count). The third kappa shape index (κ3) is 8.35. The molecule has 7 nitrogen and oxygen atoms in total. The van der Waals surface area contributed by atoms with Crippen LogP contribution in [0, 0.1) is 35.5 Å². The number of methoxy groups -OCH3 is 3. The van der Waals surface area contributed by atoms with Crippen LogP contribution in [0.25, 0.3) is 0 Å². The Morgan fingerprint density at radius 2 is 1.44 bits per heavy atom. The van der Waals surface area contributed by atoms with E-state index in [1.807, 2.05) is 0 Å².